The van der Waals surface area contributed by atoms with Gasteiger partial charge in [-0.2, -0.15) is 0 Å². The molecule has 8 heteroatoms. The minimum Gasteiger partial charge on any atom is -0.495 e. The van der Waals surface area contributed by atoms with Crippen molar-refractivity contribution < 1.29 is 19.2 Å². The van der Waals surface area contributed by atoms with Crippen LogP contribution in [-0.2, 0) is 9.59 Å². The van der Waals surface area contributed by atoms with Crippen LogP contribution >= 0.6 is 0 Å². The van der Waals surface area contributed by atoms with E-state index >= 15 is 0 Å². The summed E-state index contributed by atoms with van der Waals surface area (Å²) in [5.41, 5.74) is 1.39. The van der Waals surface area contributed by atoms with E-state index in [-0.39, 0.29) is 17.0 Å². The lowest BCUT2D eigenvalue weighted by molar-refractivity contribution is -0.384. The van der Waals surface area contributed by atoms with Crippen LogP contribution in [0.1, 0.15) is 5.56 Å². The van der Waals surface area contributed by atoms with Crippen LogP contribution in [0.3, 0.4) is 0 Å². The molecule has 1 heterocycles. The molecule has 0 unspecified atom stereocenters. The quantitative estimate of drug-likeness (QED) is 0.371. The average Bonchev–Trinajstić information content (AvgIpc) is 3.04. The van der Waals surface area contributed by atoms with Gasteiger partial charge in [-0.25, -0.2) is 4.90 Å². The predicted molar refractivity (Wildman–Crippen MR) is 116 cm³/mol. The van der Waals surface area contributed by atoms with E-state index in [1.165, 1.54) is 31.4 Å². The summed E-state index contributed by atoms with van der Waals surface area (Å²) >= 11 is 0. The molecule has 1 aliphatic rings. The zero-order chi connectivity index (χ0) is 22.0. The minimum atomic E-state index is -0.532. The SMILES string of the molecule is COc1ccccc1NC1=C(c2ccc([N+](=O)[O-])cc2)C(=O)N(c2ccccc2)C1=O. The Labute approximate surface area is 177 Å². The molecular weight excluding hydrogens is 398 g/mol. The van der Waals surface area contributed by atoms with Crippen LogP contribution in [0, 0.1) is 10.1 Å². The Bertz CT molecular complexity index is 1200. The zero-order valence-electron chi connectivity index (χ0n) is 16.4. The van der Waals surface area contributed by atoms with Crippen molar-refractivity contribution in [1.29, 1.82) is 0 Å². The van der Waals surface area contributed by atoms with Gasteiger partial charge in [-0.1, -0.05) is 30.3 Å². The number of amides is 2. The number of para-hydroxylation sites is 3. The summed E-state index contributed by atoms with van der Waals surface area (Å²) in [6, 6.07) is 21.1. The van der Waals surface area contributed by atoms with Crippen LogP contribution < -0.4 is 15.0 Å². The molecule has 8 nitrogen and oxygen atoms in total. The van der Waals surface area contributed by atoms with Crippen LogP contribution in [0.25, 0.3) is 5.57 Å². The summed E-state index contributed by atoms with van der Waals surface area (Å²) in [5.74, 6) is -0.561. The fourth-order valence-electron chi connectivity index (χ4n) is 3.36. The number of nitrogens with one attached hydrogen (secondary N) is 1. The molecule has 4 rings (SSSR count). The number of hydrogen-bond acceptors (Lipinski definition) is 6. The number of nitrogens with zero attached hydrogens (tertiary/aromatic N) is 2. The molecule has 0 atom stereocenters. The molecule has 3 aromatic rings. The van der Waals surface area contributed by atoms with Gasteiger partial charge in [-0.3, -0.25) is 19.7 Å². The van der Waals surface area contributed by atoms with Crippen molar-refractivity contribution >= 4 is 34.4 Å². The number of hydrogen-bond donors (Lipinski definition) is 1. The molecule has 31 heavy (non-hydrogen) atoms. The van der Waals surface area contributed by atoms with Crippen molar-refractivity contribution in [3.05, 3.63) is 100 Å². The van der Waals surface area contributed by atoms with E-state index in [1.807, 2.05) is 0 Å². The Morgan fingerprint density at radius 3 is 2.16 bits per heavy atom. The molecule has 0 saturated carbocycles. The number of imide groups is 1. The molecule has 0 spiro atoms. The molecule has 3 aromatic carbocycles. The second-order valence-corrected chi connectivity index (χ2v) is 6.66. The van der Waals surface area contributed by atoms with Crippen LogP contribution in [0.5, 0.6) is 5.75 Å². The summed E-state index contributed by atoms with van der Waals surface area (Å²) in [4.78, 5) is 38.2. The number of nitro groups is 1. The third-order valence-electron chi connectivity index (χ3n) is 4.83. The molecule has 154 valence electrons. The highest BCUT2D eigenvalue weighted by Gasteiger charge is 2.40. The summed E-state index contributed by atoms with van der Waals surface area (Å²) in [6.07, 6.45) is 0. The number of carbonyl (C=O) groups excluding carboxylic acids is 2. The largest absolute Gasteiger partial charge is 0.495 e. The van der Waals surface area contributed by atoms with E-state index in [4.69, 9.17) is 4.74 Å². The normalized spacial score (nSPS) is 13.5. The second kappa shape index (κ2) is 8.11. The van der Waals surface area contributed by atoms with Gasteiger partial charge in [0.05, 0.1) is 29.0 Å². The molecule has 0 fully saturated rings. The highest BCUT2D eigenvalue weighted by Crippen LogP contribution is 2.35. The standard InChI is InChI=1S/C23H17N3O5/c1-31-19-10-6-5-9-18(19)24-21-20(15-11-13-17(14-12-15)26(29)30)22(27)25(23(21)28)16-7-3-2-4-8-16/h2-14,24H,1H3. The Balaban J connectivity index is 1.84. The van der Waals surface area contributed by atoms with Crippen LogP contribution in [0.15, 0.2) is 84.6 Å². The average molecular weight is 415 g/mol. The summed E-state index contributed by atoms with van der Waals surface area (Å²) in [7, 11) is 1.50. The second-order valence-electron chi connectivity index (χ2n) is 6.66. The topological polar surface area (TPSA) is 102 Å². The van der Waals surface area contributed by atoms with Gasteiger partial charge >= 0.3 is 0 Å². The van der Waals surface area contributed by atoms with Gasteiger partial charge in [0.1, 0.15) is 11.4 Å². The van der Waals surface area contributed by atoms with Gasteiger partial charge in [-0.05, 0) is 42.0 Å². The Morgan fingerprint density at radius 1 is 0.871 bits per heavy atom. The smallest absolute Gasteiger partial charge is 0.282 e. The lowest BCUT2D eigenvalue weighted by Gasteiger charge is -2.15. The summed E-state index contributed by atoms with van der Waals surface area (Å²) in [6.45, 7) is 0. The molecular formula is C23H17N3O5. The molecule has 0 bridgehead atoms. The molecule has 0 radical (unpaired) electrons. The van der Waals surface area contributed by atoms with Crippen LogP contribution in [0.2, 0.25) is 0 Å². The Kier molecular flexibility index (Phi) is 5.19. The van der Waals surface area contributed by atoms with Crippen molar-refractivity contribution in [2.75, 3.05) is 17.3 Å². The summed E-state index contributed by atoms with van der Waals surface area (Å²) in [5, 5.41) is 14.0. The maximum atomic E-state index is 13.3. The first-order valence-electron chi connectivity index (χ1n) is 9.34. The number of nitro benzene ring substituents is 1. The number of carbonyl (C=O) groups is 2. The number of benzene rings is 3. The van der Waals surface area contributed by atoms with E-state index in [1.54, 1.807) is 54.6 Å². The van der Waals surface area contributed by atoms with Gasteiger partial charge < -0.3 is 10.1 Å². The third-order valence-corrected chi connectivity index (χ3v) is 4.83. The first-order chi connectivity index (χ1) is 15.0. The van der Waals surface area contributed by atoms with Crippen LogP contribution in [0.4, 0.5) is 17.1 Å². The van der Waals surface area contributed by atoms with E-state index in [0.29, 0.717) is 22.7 Å². The molecule has 0 aliphatic carbocycles. The van der Waals surface area contributed by atoms with Gasteiger partial charge in [0.2, 0.25) is 0 Å². The Morgan fingerprint density at radius 2 is 1.52 bits per heavy atom. The number of methoxy groups -OCH3 is 1. The number of ether oxygens (including phenoxy) is 1. The van der Waals surface area contributed by atoms with Crippen molar-refractivity contribution in [2.24, 2.45) is 0 Å². The van der Waals surface area contributed by atoms with Gasteiger partial charge in [0.15, 0.2) is 0 Å². The number of anilines is 2. The van der Waals surface area contributed by atoms with E-state index < -0.39 is 16.7 Å². The highest BCUT2D eigenvalue weighted by atomic mass is 16.6. The van der Waals surface area contributed by atoms with Crippen molar-refractivity contribution in [3.8, 4) is 5.75 Å². The van der Waals surface area contributed by atoms with E-state index in [2.05, 4.69) is 5.32 Å². The van der Waals surface area contributed by atoms with Gasteiger partial charge in [-0.15, -0.1) is 0 Å². The summed E-state index contributed by atoms with van der Waals surface area (Å²) < 4.78 is 5.34. The van der Waals surface area contributed by atoms with Crippen molar-refractivity contribution in [2.45, 2.75) is 0 Å². The maximum absolute atomic E-state index is 13.3. The van der Waals surface area contributed by atoms with E-state index in [0.717, 1.165) is 4.90 Å². The van der Waals surface area contributed by atoms with Gasteiger partial charge in [0.25, 0.3) is 17.5 Å². The van der Waals surface area contributed by atoms with Crippen molar-refractivity contribution in [3.63, 3.8) is 0 Å². The lowest BCUT2D eigenvalue weighted by atomic mass is 10.0. The molecule has 0 saturated heterocycles. The van der Waals surface area contributed by atoms with E-state index in [9.17, 15) is 19.7 Å². The highest BCUT2D eigenvalue weighted by molar-refractivity contribution is 6.46. The number of rotatable bonds is 6. The van der Waals surface area contributed by atoms with Gasteiger partial charge in [0, 0.05) is 12.1 Å². The first kappa shape index (κ1) is 19.8. The molecule has 1 aliphatic heterocycles. The maximum Gasteiger partial charge on any atom is 0.282 e. The fourth-order valence-corrected chi connectivity index (χ4v) is 3.36. The first-order valence-corrected chi connectivity index (χ1v) is 9.34. The van der Waals surface area contributed by atoms with Crippen molar-refractivity contribution in [1.82, 2.24) is 0 Å². The molecule has 0 aromatic heterocycles. The zero-order valence-corrected chi connectivity index (χ0v) is 16.4. The minimum absolute atomic E-state index is 0.0622. The Hall–Kier alpha value is -4.46. The number of non-ortho nitro benzene ring substituents is 1. The monoisotopic (exact) mass is 415 g/mol. The predicted octanol–water partition coefficient (Wildman–Crippen LogP) is 4.00. The molecule has 2 amide bonds. The molecule has 1 N–H and O–H groups in total. The fraction of sp³-hybridized carbons (Fsp3) is 0.0435. The third kappa shape index (κ3) is 3.62. The lowest BCUT2D eigenvalue weighted by Crippen LogP contribution is -2.32. The van der Waals surface area contributed by atoms with Crippen LogP contribution in [-0.4, -0.2) is 23.8 Å².